The van der Waals surface area contributed by atoms with Crippen molar-refractivity contribution >= 4 is 12.4 Å². The van der Waals surface area contributed by atoms with Crippen LogP contribution in [0.3, 0.4) is 0 Å². The number of alkyl halides is 9. The molecule has 0 aliphatic carbocycles. The molecular weight excluding hydrogens is 384 g/mol. The van der Waals surface area contributed by atoms with Crippen LogP contribution in [0.5, 0.6) is 0 Å². The quantitative estimate of drug-likeness (QED) is 0.662. The number of benzene rings is 1. The molecule has 0 spiro atoms. The predicted octanol–water partition coefficient (Wildman–Crippen LogP) is 5.63. The van der Waals surface area contributed by atoms with Crippen molar-refractivity contribution in [1.29, 1.82) is 0 Å². The number of hydrogen-bond acceptors (Lipinski definition) is 1. The molecule has 0 fully saturated rings. The third-order valence-corrected chi connectivity index (χ3v) is 2.87. The number of rotatable bonds is 3. The van der Waals surface area contributed by atoms with Gasteiger partial charge in [0, 0.05) is 18.0 Å². The van der Waals surface area contributed by atoms with Crippen molar-refractivity contribution in [2.75, 3.05) is 0 Å². The van der Waals surface area contributed by atoms with E-state index in [-0.39, 0.29) is 24.5 Å². The highest BCUT2D eigenvalue weighted by molar-refractivity contribution is 5.85. The molecule has 0 aliphatic rings. The highest BCUT2D eigenvalue weighted by atomic mass is 35.5. The van der Waals surface area contributed by atoms with Crippen LogP contribution >= 0.6 is 12.4 Å². The van der Waals surface area contributed by atoms with E-state index < -0.39 is 59.9 Å². The van der Waals surface area contributed by atoms with Gasteiger partial charge in [-0.2, -0.15) is 39.5 Å². The lowest BCUT2D eigenvalue weighted by Crippen LogP contribution is -2.23. The molecule has 1 atom stereocenters. The van der Waals surface area contributed by atoms with Gasteiger partial charge in [0.15, 0.2) is 0 Å². The zero-order valence-electron chi connectivity index (χ0n) is 11.4. The average molecular weight is 394 g/mol. The van der Waals surface area contributed by atoms with Crippen molar-refractivity contribution in [1.82, 2.24) is 0 Å². The Hall–Kier alpha value is -1.23. The Morgan fingerprint density at radius 1 is 0.875 bits per heavy atom. The van der Waals surface area contributed by atoms with Crippen LogP contribution in [-0.2, 0) is 12.4 Å². The molecule has 12 heteroatoms. The molecule has 0 radical (unpaired) electrons. The summed E-state index contributed by atoms with van der Waals surface area (Å²) >= 11 is 0. The zero-order valence-corrected chi connectivity index (χ0v) is 12.2. The van der Waals surface area contributed by atoms with Crippen LogP contribution in [0.2, 0.25) is 0 Å². The minimum absolute atomic E-state index is 0. The van der Waals surface area contributed by atoms with E-state index in [9.17, 15) is 43.9 Å². The largest absolute Gasteiger partial charge is 0.416 e. The van der Waals surface area contributed by atoms with Gasteiger partial charge in [-0.05, 0) is 18.6 Å². The maximum absolute atomic E-state index is 13.7. The van der Waals surface area contributed by atoms with Crippen LogP contribution in [-0.4, -0.2) is 6.18 Å². The highest BCUT2D eigenvalue weighted by Gasteiger charge is 2.41. The summed E-state index contributed by atoms with van der Waals surface area (Å²) in [4.78, 5) is 0. The molecule has 2 N–H and O–H groups in total. The second-order valence-electron chi connectivity index (χ2n) is 4.68. The van der Waals surface area contributed by atoms with Crippen LogP contribution in [0.1, 0.15) is 35.6 Å². The second-order valence-corrected chi connectivity index (χ2v) is 4.68. The van der Waals surface area contributed by atoms with E-state index >= 15 is 0 Å². The Balaban J connectivity index is 0.00000529. The van der Waals surface area contributed by atoms with Gasteiger partial charge in [-0.25, -0.2) is 4.39 Å². The minimum Gasteiger partial charge on any atom is -0.324 e. The fraction of sp³-hybridized carbons (Fsp3) is 0.500. The Morgan fingerprint density at radius 2 is 1.38 bits per heavy atom. The lowest BCUT2D eigenvalue weighted by molar-refractivity contribution is -0.144. The van der Waals surface area contributed by atoms with Gasteiger partial charge in [0.25, 0.3) is 0 Å². The Bertz CT molecular complexity index is 561. The molecule has 0 amide bonds. The van der Waals surface area contributed by atoms with E-state index in [0.29, 0.717) is 0 Å². The molecule has 1 rings (SSSR count). The van der Waals surface area contributed by atoms with Crippen LogP contribution in [0.25, 0.3) is 0 Å². The molecule has 0 aliphatic heterocycles. The van der Waals surface area contributed by atoms with E-state index in [4.69, 9.17) is 5.73 Å². The van der Waals surface area contributed by atoms with Crippen molar-refractivity contribution in [2.24, 2.45) is 5.73 Å². The van der Waals surface area contributed by atoms with Crippen molar-refractivity contribution in [3.63, 3.8) is 0 Å². The summed E-state index contributed by atoms with van der Waals surface area (Å²) in [5.41, 5.74) is -0.234. The first kappa shape index (κ1) is 22.8. The average Bonchev–Trinajstić information content (AvgIpc) is 2.31. The standard InChI is InChI=1S/C12H9F10N.ClH/c13-7-4-5(11(17,18)19)3-6(12(20,21)22)9(7)8(23)1-2-10(14,15)16;/h3-4,8H,1-2,23H2;1H/t8-;/m1./s1. The van der Waals surface area contributed by atoms with Gasteiger partial charge in [0.1, 0.15) is 5.82 Å². The Kier molecular flexibility index (Phi) is 6.96. The van der Waals surface area contributed by atoms with E-state index in [1.165, 1.54) is 0 Å². The first-order chi connectivity index (χ1) is 10.1. The van der Waals surface area contributed by atoms with Gasteiger partial charge in [-0.1, -0.05) is 0 Å². The Morgan fingerprint density at radius 3 is 1.75 bits per heavy atom. The first-order valence-corrected chi connectivity index (χ1v) is 5.93. The smallest absolute Gasteiger partial charge is 0.324 e. The third-order valence-electron chi connectivity index (χ3n) is 2.87. The summed E-state index contributed by atoms with van der Waals surface area (Å²) in [6.07, 6.45) is -18.1. The number of halogens is 11. The van der Waals surface area contributed by atoms with Gasteiger partial charge in [0.2, 0.25) is 0 Å². The summed E-state index contributed by atoms with van der Waals surface area (Å²) < 4.78 is 126. The molecule has 0 aromatic heterocycles. The van der Waals surface area contributed by atoms with Gasteiger partial charge in [0.05, 0.1) is 11.1 Å². The van der Waals surface area contributed by atoms with Crippen LogP contribution in [0, 0.1) is 5.82 Å². The fourth-order valence-electron chi connectivity index (χ4n) is 1.86. The van der Waals surface area contributed by atoms with Gasteiger partial charge in [-0.3, -0.25) is 0 Å². The van der Waals surface area contributed by atoms with E-state index in [1.807, 2.05) is 0 Å². The van der Waals surface area contributed by atoms with Gasteiger partial charge < -0.3 is 5.73 Å². The molecule has 1 aromatic carbocycles. The van der Waals surface area contributed by atoms with E-state index in [2.05, 4.69) is 0 Å². The molecule has 0 saturated heterocycles. The lowest BCUT2D eigenvalue weighted by Gasteiger charge is -2.21. The lowest BCUT2D eigenvalue weighted by atomic mass is 9.94. The van der Waals surface area contributed by atoms with Crippen LogP contribution in [0.15, 0.2) is 12.1 Å². The highest BCUT2D eigenvalue weighted by Crippen LogP contribution is 2.41. The first-order valence-electron chi connectivity index (χ1n) is 5.93. The molecule has 1 nitrogen and oxygen atoms in total. The maximum atomic E-state index is 13.7. The summed E-state index contributed by atoms with van der Waals surface area (Å²) in [5.74, 6) is -1.96. The summed E-state index contributed by atoms with van der Waals surface area (Å²) in [6, 6.07) is -2.65. The summed E-state index contributed by atoms with van der Waals surface area (Å²) in [5, 5.41) is 0. The predicted molar refractivity (Wildman–Crippen MR) is 65.9 cm³/mol. The van der Waals surface area contributed by atoms with E-state index in [0.717, 1.165) is 0 Å². The normalized spacial score (nSPS) is 14.3. The number of nitrogens with two attached hydrogens (primary N) is 1. The molecule has 140 valence electrons. The minimum atomic E-state index is -5.41. The Labute approximate surface area is 135 Å². The molecule has 0 saturated carbocycles. The van der Waals surface area contributed by atoms with Crippen LogP contribution in [0.4, 0.5) is 43.9 Å². The number of hydrogen-bond donors (Lipinski definition) is 1. The van der Waals surface area contributed by atoms with Crippen molar-refractivity contribution < 1.29 is 43.9 Å². The zero-order chi connectivity index (χ0) is 18.2. The van der Waals surface area contributed by atoms with Crippen molar-refractivity contribution in [3.05, 3.63) is 34.6 Å². The van der Waals surface area contributed by atoms with E-state index in [1.54, 1.807) is 0 Å². The van der Waals surface area contributed by atoms with Crippen LogP contribution < -0.4 is 5.73 Å². The monoisotopic (exact) mass is 393 g/mol. The molecule has 1 aromatic rings. The fourth-order valence-corrected chi connectivity index (χ4v) is 1.86. The maximum Gasteiger partial charge on any atom is 0.416 e. The van der Waals surface area contributed by atoms with Crippen molar-refractivity contribution in [3.8, 4) is 0 Å². The second kappa shape index (κ2) is 7.34. The molecule has 0 bridgehead atoms. The van der Waals surface area contributed by atoms with Crippen molar-refractivity contribution in [2.45, 2.75) is 37.4 Å². The molecule has 0 heterocycles. The third kappa shape index (κ3) is 6.00. The van der Waals surface area contributed by atoms with Gasteiger partial charge in [-0.15, -0.1) is 12.4 Å². The summed E-state index contributed by atoms with van der Waals surface area (Å²) in [7, 11) is 0. The summed E-state index contributed by atoms with van der Waals surface area (Å²) in [6.45, 7) is 0. The molecule has 0 unspecified atom stereocenters. The topological polar surface area (TPSA) is 26.0 Å². The SMILES string of the molecule is Cl.N[C@H](CCC(F)(F)F)c1c(F)cc(C(F)(F)F)cc1C(F)(F)F. The molecule has 24 heavy (non-hydrogen) atoms. The van der Waals surface area contributed by atoms with Gasteiger partial charge >= 0.3 is 18.5 Å². The molecular formula is C12H10ClF10N.